The van der Waals surface area contributed by atoms with Gasteiger partial charge in [0, 0.05) is 12.1 Å². The number of carbonyl (C=O) groups excluding carboxylic acids is 1. The van der Waals surface area contributed by atoms with Crippen molar-refractivity contribution >= 4 is 29.7 Å². The lowest BCUT2D eigenvalue weighted by Gasteiger charge is -2.26. The Balaban J connectivity index is 0.00000261. The molecule has 3 rings (SSSR count). The second-order valence-corrected chi connectivity index (χ2v) is 6.72. The minimum atomic E-state index is -0.432. The van der Waals surface area contributed by atoms with Gasteiger partial charge in [-0.05, 0) is 56.4 Å². The van der Waals surface area contributed by atoms with Gasteiger partial charge in [0.05, 0.1) is 17.5 Å². The molecule has 1 amide bonds. The van der Waals surface area contributed by atoms with E-state index in [-0.39, 0.29) is 36.5 Å². The van der Waals surface area contributed by atoms with Crippen LogP contribution < -0.4 is 11.1 Å². The molecule has 1 heterocycles. The molecule has 0 saturated carbocycles. The fourth-order valence-corrected chi connectivity index (χ4v) is 3.63. The monoisotopic (exact) mass is 393 g/mol. The molecule has 1 aliphatic carbocycles. The Bertz CT molecular complexity index is 865. The van der Waals surface area contributed by atoms with Gasteiger partial charge in [0.1, 0.15) is 11.4 Å². The molecule has 8 nitrogen and oxygen atoms in total. The SMILES string of the molecule is Cc1nn(CCC(=O)NC2CCCc3cc(N)ccc32)c(C)c1[N+](=O)[O-].Cl. The van der Waals surface area contributed by atoms with Crippen molar-refractivity contribution in [2.75, 3.05) is 5.73 Å². The van der Waals surface area contributed by atoms with E-state index in [1.165, 1.54) is 10.2 Å². The number of hydrogen-bond acceptors (Lipinski definition) is 5. The number of nitrogen functional groups attached to an aromatic ring is 1. The number of rotatable bonds is 5. The normalized spacial score (nSPS) is 15.6. The molecule has 1 aromatic carbocycles. The number of nitro groups is 1. The minimum absolute atomic E-state index is 0. The largest absolute Gasteiger partial charge is 0.399 e. The molecule has 0 saturated heterocycles. The predicted octanol–water partition coefficient (Wildman–Crippen LogP) is 3.00. The van der Waals surface area contributed by atoms with Gasteiger partial charge in [0.15, 0.2) is 0 Å². The van der Waals surface area contributed by atoms with Gasteiger partial charge in [0.25, 0.3) is 0 Å². The molecule has 1 aliphatic rings. The van der Waals surface area contributed by atoms with Gasteiger partial charge in [-0.2, -0.15) is 5.10 Å². The first-order chi connectivity index (χ1) is 12.4. The van der Waals surface area contributed by atoms with Crippen LogP contribution in [0.5, 0.6) is 0 Å². The van der Waals surface area contributed by atoms with Crippen LogP contribution in [0.1, 0.15) is 47.8 Å². The average Bonchev–Trinajstić information content (AvgIpc) is 2.86. The number of aryl methyl sites for hydroxylation is 3. The van der Waals surface area contributed by atoms with Gasteiger partial charge in [-0.3, -0.25) is 19.6 Å². The quantitative estimate of drug-likeness (QED) is 0.460. The maximum atomic E-state index is 12.4. The van der Waals surface area contributed by atoms with E-state index < -0.39 is 4.92 Å². The molecular formula is C18H24ClN5O3. The van der Waals surface area contributed by atoms with Gasteiger partial charge in [-0.25, -0.2) is 0 Å². The standard InChI is InChI=1S/C18H23N5O3.ClH/c1-11-18(23(25)26)12(2)22(21-11)9-8-17(24)20-16-5-3-4-13-10-14(19)6-7-15(13)16;/h6-7,10,16H,3-5,8-9,19H2,1-2H3,(H,20,24);1H. The molecule has 0 bridgehead atoms. The Morgan fingerprint density at radius 1 is 1.44 bits per heavy atom. The summed E-state index contributed by atoms with van der Waals surface area (Å²) in [5.41, 5.74) is 9.76. The van der Waals surface area contributed by atoms with Crippen LogP contribution >= 0.6 is 12.4 Å². The second kappa shape index (κ2) is 8.39. The Labute approximate surface area is 163 Å². The molecule has 0 radical (unpaired) electrons. The molecule has 0 spiro atoms. The molecule has 0 fully saturated rings. The lowest BCUT2D eigenvalue weighted by Crippen LogP contribution is -2.31. The first-order valence-corrected chi connectivity index (χ1v) is 8.73. The topological polar surface area (TPSA) is 116 Å². The van der Waals surface area contributed by atoms with E-state index in [4.69, 9.17) is 5.73 Å². The van der Waals surface area contributed by atoms with E-state index >= 15 is 0 Å². The number of halogens is 1. The fraction of sp³-hybridized carbons (Fsp3) is 0.444. The first-order valence-electron chi connectivity index (χ1n) is 8.73. The van der Waals surface area contributed by atoms with Gasteiger partial charge in [-0.15, -0.1) is 12.4 Å². The highest BCUT2D eigenvalue weighted by molar-refractivity contribution is 5.85. The molecule has 1 unspecified atom stereocenters. The summed E-state index contributed by atoms with van der Waals surface area (Å²) in [6.45, 7) is 3.57. The highest BCUT2D eigenvalue weighted by atomic mass is 35.5. The fourth-order valence-electron chi connectivity index (χ4n) is 3.63. The van der Waals surface area contributed by atoms with Gasteiger partial charge < -0.3 is 11.1 Å². The van der Waals surface area contributed by atoms with Crippen LogP contribution in [0.4, 0.5) is 11.4 Å². The number of anilines is 1. The third-order valence-corrected chi connectivity index (χ3v) is 4.89. The summed E-state index contributed by atoms with van der Waals surface area (Å²) in [7, 11) is 0. The molecule has 2 aromatic rings. The van der Waals surface area contributed by atoms with E-state index in [0.29, 0.717) is 17.9 Å². The zero-order valence-corrected chi connectivity index (χ0v) is 16.2. The van der Waals surface area contributed by atoms with E-state index in [2.05, 4.69) is 10.4 Å². The van der Waals surface area contributed by atoms with Gasteiger partial charge in [-0.1, -0.05) is 6.07 Å². The van der Waals surface area contributed by atoms with Crippen molar-refractivity contribution in [2.24, 2.45) is 0 Å². The van der Waals surface area contributed by atoms with E-state index in [1.807, 2.05) is 18.2 Å². The highest BCUT2D eigenvalue weighted by Crippen LogP contribution is 2.31. The Morgan fingerprint density at radius 3 is 2.85 bits per heavy atom. The zero-order valence-electron chi connectivity index (χ0n) is 15.4. The van der Waals surface area contributed by atoms with Gasteiger partial charge >= 0.3 is 5.69 Å². The third kappa shape index (κ3) is 4.39. The molecular weight excluding hydrogens is 370 g/mol. The molecule has 0 aliphatic heterocycles. The Kier molecular flexibility index (Phi) is 6.43. The lowest BCUT2D eigenvalue weighted by molar-refractivity contribution is -0.386. The van der Waals surface area contributed by atoms with Crippen LogP contribution in [-0.4, -0.2) is 20.6 Å². The lowest BCUT2D eigenvalue weighted by atomic mass is 9.87. The van der Waals surface area contributed by atoms with Crippen LogP contribution in [0.2, 0.25) is 0 Å². The number of nitrogens with zero attached hydrogens (tertiary/aromatic N) is 3. The van der Waals surface area contributed by atoms with Crippen molar-refractivity contribution in [1.82, 2.24) is 15.1 Å². The van der Waals surface area contributed by atoms with Crippen molar-refractivity contribution in [1.29, 1.82) is 0 Å². The first kappa shape index (κ1) is 20.7. The number of aromatic nitrogens is 2. The molecule has 1 aromatic heterocycles. The molecule has 9 heteroatoms. The number of fused-ring (bicyclic) bond motifs is 1. The summed E-state index contributed by atoms with van der Waals surface area (Å²) in [4.78, 5) is 23.0. The van der Waals surface area contributed by atoms with Crippen LogP contribution in [0, 0.1) is 24.0 Å². The number of carbonyl (C=O) groups is 1. The molecule has 27 heavy (non-hydrogen) atoms. The van der Waals surface area contributed by atoms with Crippen LogP contribution in [0.25, 0.3) is 0 Å². The van der Waals surface area contributed by atoms with Crippen molar-refractivity contribution in [3.05, 3.63) is 50.8 Å². The van der Waals surface area contributed by atoms with E-state index in [1.54, 1.807) is 13.8 Å². The summed E-state index contributed by atoms with van der Waals surface area (Å²) >= 11 is 0. The summed E-state index contributed by atoms with van der Waals surface area (Å²) < 4.78 is 1.53. The summed E-state index contributed by atoms with van der Waals surface area (Å²) in [5.74, 6) is -0.0881. The predicted molar refractivity (Wildman–Crippen MR) is 105 cm³/mol. The van der Waals surface area contributed by atoms with Crippen molar-refractivity contribution < 1.29 is 9.72 Å². The minimum Gasteiger partial charge on any atom is -0.399 e. The van der Waals surface area contributed by atoms with Gasteiger partial charge in [0.2, 0.25) is 5.91 Å². The number of hydrogen-bond donors (Lipinski definition) is 2. The van der Waals surface area contributed by atoms with Crippen LogP contribution in [0.15, 0.2) is 18.2 Å². The summed E-state index contributed by atoms with van der Waals surface area (Å²) in [5, 5.41) is 18.3. The Hall–Kier alpha value is -2.61. The smallest absolute Gasteiger partial charge is 0.312 e. The van der Waals surface area contributed by atoms with Crippen LogP contribution in [0.3, 0.4) is 0 Å². The van der Waals surface area contributed by atoms with Crippen molar-refractivity contribution in [2.45, 2.75) is 52.1 Å². The second-order valence-electron chi connectivity index (χ2n) is 6.72. The molecule has 1 atom stereocenters. The number of amides is 1. The molecule has 146 valence electrons. The van der Waals surface area contributed by atoms with E-state index in [0.717, 1.165) is 30.5 Å². The zero-order chi connectivity index (χ0) is 18.8. The summed E-state index contributed by atoms with van der Waals surface area (Å²) in [6.07, 6.45) is 3.10. The van der Waals surface area contributed by atoms with Crippen molar-refractivity contribution in [3.8, 4) is 0 Å². The van der Waals surface area contributed by atoms with Crippen LogP contribution in [-0.2, 0) is 17.8 Å². The van der Waals surface area contributed by atoms with Crippen molar-refractivity contribution in [3.63, 3.8) is 0 Å². The third-order valence-electron chi connectivity index (χ3n) is 4.89. The maximum absolute atomic E-state index is 12.4. The maximum Gasteiger partial charge on any atom is 0.312 e. The average molecular weight is 394 g/mol. The number of benzene rings is 1. The summed E-state index contributed by atoms with van der Waals surface area (Å²) in [6, 6.07) is 5.81. The number of nitrogens with one attached hydrogen (secondary N) is 1. The Morgan fingerprint density at radius 2 is 2.19 bits per heavy atom. The van der Waals surface area contributed by atoms with E-state index in [9.17, 15) is 14.9 Å². The number of nitrogens with two attached hydrogens (primary N) is 1. The molecule has 3 N–H and O–H groups in total. The highest BCUT2D eigenvalue weighted by Gasteiger charge is 2.24.